The van der Waals surface area contributed by atoms with E-state index in [1.54, 1.807) is 0 Å². The van der Waals surface area contributed by atoms with Gasteiger partial charge in [-0.05, 0) is 29.2 Å². The van der Waals surface area contributed by atoms with Crippen molar-refractivity contribution >= 4 is 28.3 Å². The van der Waals surface area contributed by atoms with Gasteiger partial charge in [0.25, 0.3) is 0 Å². The summed E-state index contributed by atoms with van der Waals surface area (Å²) < 4.78 is 0. The molecule has 0 bridgehead atoms. The van der Waals surface area contributed by atoms with E-state index in [-0.39, 0.29) is 17.3 Å². The first-order chi connectivity index (χ1) is 10.2. The van der Waals surface area contributed by atoms with Crippen LogP contribution in [0.5, 0.6) is 0 Å². The van der Waals surface area contributed by atoms with Gasteiger partial charge in [0.05, 0.1) is 11.8 Å². The number of rotatable bonds is 3. The summed E-state index contributed by atoms with van der Waals surface area (Å²) in [4.78, 5) is 12.3. The van der Waals surface area contributed by atoms with E-state index in [1.807, 2.05) is 24.3 Å². The minimum absolute atomic E-state index is 0.0731. The van der Waals surface area contributed by atoms with Crippen LogP contribution >= 0.6 is 11.6 Å². The molecule has 1 aliphatic rings. The maximum Gasteiger partial charge on any atom is 0.224 e. The molecular weight excluding hydrogens is 282 g/mol. The van der Waals surface area contributed by atoms with Gasteiger partial charge in [0, 0.05) is 6.04 Å². The summed E-state index contributed by atoms with van der Waals surface area (Å²) in [5, 5.41) is 5.52. The zero-order valence-electron chi connectivity index (χ0n) is 12.0. The van der Waals surface area contributed by atoms with E-state index >= 15 is 0 Å². The third-order valence-electron chi connectivity index (χ3n) is 4.26. The Bertz CT molecular complexity index is 635. The van der Waals surface area contributed by atoms with Crippen molar-refractivity contribution in [1.82, 2.24) is 5.32 Å². The van der Waals surface area contributed by atoms with Crippen molar-refractivity contribution in [2.24, 2.45) is 0 Å². The molecule has 2 aromatic carbocycles. The van der Waals surface area contributed by atoms with E-state index in [1.165, 1.54) is 11.8 Å². The van der Waals surface area contributed by atoms with Crippen LogP contribution in [0.3, 0.4) is 0 Å². The molecule has 1 amide bonds. The van der Waals surface area contributed by atoms with E-state index in [2.05, 4.69) is 23.5 Å². The third-order valence-corrected chi connectivity index (χ3v) is 4.78. The number of carbonyl (C=O) groups excluding carboxylic acids is 1. The molecule has 0 aliphatic heterocycles. The van der Waals surface area contributed by atoms with E-state index in [0.29, 0.717) is 6.42 Å². The Morgan fingerprint density at radius 3 is 2.71 bits per heavy atom. The minimum atomic E-state index is 0.0731. The number of carbonyl (C=O) groups is 1. The fourth-order valence-corrected chi connectivity index (χ4v) is 3.47. The summed E-state index contributed by atoms with van der Waals surface area (Å²) in [6.07, 6.45) is 4.74. The van der Waals surface area contributed by atoms with Crippen molar-refractivity contribution in [1.29, 1.82) is 0 Å². The van der Waals surface area contributed by atoms with Gasteiger partial charge in [-0.25, -0.2) is 0 Å². The number of nitrogens with one attached hydrogen (secondary N) is 1. The summed E-state index contributed by atoms with van der Waals surface area (Å²) in [5.41, 5.74) is 1.08. The van der Waals surface area contributed by atoms with Crippen LogP contribution < -0.4 is 5.32 Å². The fraction of sp³-hybridized carbons (Fsp3) is 0.389. The summed E-state index contributed by atoms with van der Waals surface area (Å²) in [6.45, 7) is 0. The lowest BCUT2D eigenvalue weighted by Crippen LogP contribution is -2.43. The smallest absolute Gasteiger partial charge is 0.224 e. The van der Waals surface area contributed by atoms with Crippen LogP contribution in [0.15, 0.2) is 42.5 Å². The van der Waals surface area contributed by atoms with E-state index in [4.69, 9.17) is 11.6 Å². The molecule has 110 valence electrons. The number of hydrogen-bond donors (Lipinski definition) is 1. The highest BCUT2D eigenvalue weighted by Crippen LogP contribution is 2.23. The zero-order chi connectivity index (χ0) is 14.7. The summed E-state index contributed by atoms with van der Waals surface area (Å²) >= 11 is 6.31. The molecule has 3 rings (SSSR count). The number of amides is 1. The lowest BCUT2D eigenvalue weighted by molar-refractivity contribution is -0.121. The van der Waals surface area contributed by atoms with Gasteiger partial charge in [0.2, 0.25) is 5.91 Å². The van der Waals surface area contributed by atoms with Gasteiger partial charge < -0.3 is 5.32 Å². The van der Waals surface area contributed by atoms with E-state index in [0.717, 1.165) is 30.2 Å². The average molecular weight is 302 g/mol. The Morgan fingerprint density at radius 2 is 1.86 bits per heavy atom. The van der Waals surface area contributed by atoms with Crippen molar-refractivity contribution in [2.45, 2.75) is 43.5 Å². The molecule has 1 aliphatic carbocycles. The SMILES string of the molecule is O=C(Cc1cccc2ccccc12)NC1CCCCC1Cl. The molecule has 0 heterocycles. The highest BCUT2D eigenvalue weighted by molar-refractivity contribution is 6.21. The number of fused-ring (bicyclic) bond motifs is 1. The van der Waals surface area contributed by atoms with Crippen molar-refractivity contribution in [3.63, 3.8) is 0 Å². The Hall–Kier alpha value is -1.54. The van der Waals surface area contributed by atoms with Crippen LogP contribution in [0.4, 0.5) is 0 Å². The Kier molecular flexibility index (Phi) is 4.45. The van der Waals surface area contributed by atoms with Crippen molar-refractivity contribution in [3.05, 3.63) is 48.0 Å². The first-order valence-electron chi connectivity index (χ1n) is 7.64. The van der Waals surface area contributed by atoms with E-state index in [9.17, 15) is 4.79 Å². The Balaban J connectivity index is 1.71. The molecule has 2 unspecified atom stereocenters. The van der Waals surface area contributed by atoms with Gasteiger partial charge in [-0.1, -0.05) is 55.3 Å². The first-order valence-corrected chi connectivity index (χ1v) is 8.08. The van der Waals surface area contributed by atoms with Crippen LogP contribution in [0.25, 0.3) is 10.8 Å². The second-order valence-electron chi connectivity index (χ2n) is 5.79. The molecule has 1 saturated carbocycles. The highest BCUT2D eigenvalue weighted by atomic mass is 35.5. The molecule has 2 aromatic rings. The quantitative estimate of drug-likeness (QED) is 0.852. The van der Waals surface area contributed by atoms with Gasteiger partial charge in [0.1, 0.15) is 0 Å². The Labute approximate surface area is 130 Å². The lowest BCUT2D eigenvalue weighted by atomic mass is 9.94. The maximum atomic E-state index is 12.3. The van der Waals surface area contributed by atoms with Crippen molar-refractivity contribution in [2.75, 3.05) is 0 Å². The molecule has 2 atom stereocenters. The van der Waals surface area contributed by atoms with Gasteiger partial charge >= 0.3 is 0 Å². The molecule has 0 saturated heterocycles. The summed E-state index contributed by atoms with van der Waals surface area (Å²) in [5.74, 6) is 0.0731. The number of halogens is 1. The normalized spacial score (nSPS) is 22.1. The fourth-order valence-electron chi connectivity index (χ4n) is 3.13. The second kappa shape index (κ2) is 6.48. The number of hydrogen-bond acceptors (Lipinski definition) is 1. The topological polar surface area (TPSA) is 29.1 Å². The third kappa shape index (κ3) is 3.38. The van der Waals surface area contributed by atoms with Crippen LogP contribution in [-0.4, -0.2) is 17.3 Å². The van der Waals surface area contributed by atoms with Crippen LogP contribution in [0.2, 0.25) is 0 Å². The molecule has 1 fully saturated rings. The average Bonchev–Trinajstić information content (AvgIpc) is 2.50. The standard InChI is InChI=1S/C18H20ClNO/c19-16-10-3-4-11-17(16)20-18(21)12-14-8-5-7-13-6-1-2-9-15(13)14/h1-2,5-9,16-17H,3-4,10-12H2,(H,20,21). The van der Waals surface area contributed by atoms with Crippen molar-refractivity contribution < 1.29 is 4.79 Å². The van der Waals surface area contributed by atoms with Crippen LogP contribution in [0, 0.1) is 0 Å². The second-order valence-corrected chi connectivity index (χ2v) is 6.35. The number of alkyl halides is 1. The molecule has 3 heteroatoms. The van der Waals surface area contributed by atoms with Crippen molar-refractivity contribution in [3.8, 4) is 0 Å². The zero-order valence-corrected chi connectivity index (χ0v) is 12.8. The predicted octanol–water partition coefficient (Wildman–Crippen LogP) is 4.05. The molecule has 0 aromatic heterocycles. The maximum absolute atomic E-state index is 12.3. The molecule has 1 N–H and O–H groups in total. The molecule has 2 nitrogen and oxygen atoms in total. The molecule has 0 radical (unpaired) electrons. The first kappa shape index (κ1) is 14.4. The van der Waals surface area contributed by atoms with E-state index < -0.39 is 0 Å². The van der Waals surface area contributed by atoms with Crippen LogP contribution in [-0.2, 0) is 11.2 Å². The largest absolute Gasteiger partial charge is 0.352 e. The highest BCUT2D eigenvalue weighted by Gasteiger charge is 2.24. The van der Waals surface area contributed by atoms with Gasteiger partial charge in [-0.3, -0.25) is 4.79 Å². The molecule has 0 spiro atoms. The monoisotopic (exact) mass is 301 g/mol. The summed E-state index contributed by atoms with van der Waals surface area (Å²) in [7, 11) is 0. The van der Waals surface area contributed by atoms with Crippen LogP contribution in [0.1, 0.15) is 31.2 Å². The Morgan fingerprint density at radius 1 is 1.10 bits per heavy atom. The van der Waals surface area contributed by atoms with Gasteiger partial charge in [-0.2, -0.15) is 0 Å². The minimum Gasteiger partial charge on any atom is -0.352 e. The van der Waals surface area contributed by atoms with Gasteiger partial charge in [-0.15, -0.1) is 11.6 Å². The number of benzene rings is 2. The predicted molar refractivity (Wildman–Crippen MR) is 87.7 cm³/mol. The lowest BCUT2D eigenvalue weighted by Gasteiger charge is -2.27. The molecule has 21 heavy (non-hydrogen) atoms. The van der Waals surface area contributed by atoms with Gasteiger partial charge in [0.15, 0.2) is 0 Å². The summed E-state index contributed by atoms with van der Waals surface area (Å²) in [6, 6.07) is 14.4. The molecular formula is C18H20ClNO.